The summed E-state index contributed by atoms with van der Waals surface area (Å²) in [6.45, 7) is -4.92. The predicted molar refractivity (Wildman–Crippen MR) is 67.1 cm³/mol. The fraction of sp³-hybridized carbons (Fsp3) is 0.0769. The molecule has 5 heteroatoms. The van der Waals surface area contributed by atoms with Crippen molar-refractivity contribution < 1.29 is 17.7 Å². The van der Waals surface area contributed by atoms with Gasteiger partial charge in [0.1, 0.15) is 5.75 Å². The maximum absolute atomic E-state index is 12.5. The van der Waals surface area contributed by atoms with Crippen LogP contribution in [0.3, 0.4) is 0 Å². The van der Waals surface area contributed by atoms with Crippen LogP contribution in [0.5, 0.6) is 5.75 Å². The summed E-state index contributed by atoms with van der Waals surface area (Å²) in [6, 6.07) is 12.4. The highest BCUT2D eigenvalue weighted by Crippen LogP contribution is 2.22. The van der Waals surface area contributed by atoms with Crippen molar-refractivity contribution in [2.24, 2.45) is 0 Å². The van der Waals surface area contributed by atoms with E-state index < -0.39 is 12.4 Å². The zero-order valence-corrected chi connectivity index (χ0v) is 9.74. The van der Waals surface area contributed by atoms with E-state index in [1.54, 1.807) is 19.2 Å². The molecule has 0 spiro atoms. The number of halogens is 3. The monoisotopic (exact) mass is 251 g/mol. The summed E-state index contributed by atoms with van der Waals surface area (Å²) >= 11 is 0. The van der Waals surface area contributed by atoms with Crippen LogP contribution in [0.1, 0.15) is 0 Å². The standard InChI is InChI=1S/C13H11BF3O/c1-18-13-8-4-11(5-9-13)10-2-6-12(7-3-10)14(15,16)17/h2-9H,1H3/q-1. The molecule has 94 valence electrons. The summed E-state index contributed by atoms with van der Waals surface area (Å²) in [6.07, 6.45) is 0. The molecule has 0 aliphatic heterocycles. The highest BCUT2D eigenvalue weighted by molar-refractivity contribution is 6.73. The van der Waals surface area contributed by atoms with Gasteiger partial charge in [0.25, 0.3) is 0 Å². The maximum Gasteiger partial charge on any atom is 0.509 e. The van der Waals surface area contributed by atoms with Gasteiger partial charge in [0.15, 0.2) is 0 Å². The maximum atomic E-state index is 12.5. The Bertz CT molecular complexity index is 517. The molecule has 0 N–H and O–H groups in total. The lowest BCUT2D eigenvalue weighted by Gasteiger charge is -2.15. The average Bonchev–Trinajstić information content (AvgIpc) is 2.38. The molecule has 0 unspecified atom stereocenters. The molecule has 0 saturated carbocycles. The lowest BCUT2D eigenvalue weighted by Crippen LogP contribution is -2.33. The van der Waals surface area contributed by atoms with Crippen molar-refractivity contribution in [3.63, 3.8) is 0 Å². The molecule has 0 fully saturated rings. The SMILES string of the molecule is COc1ccc(-c2ccc([B-](F)(F)F)cc2)cc1. The number of hydrogen-bond acceptors (Lipinski definition) is 1. The highest BCUT2D eigenvalue weighted by Gasteiger charge is 2.24. The summed E-state index contributed by atoms with van der Waals surface area (Å²) in [5.41, 5.74) is 1.03. The molecule has 0 aliphatic carbocycles. The van der Waals surface area contributed by atoms with Crippen LogP contribution < -0.4 is 10.2 Å². The third-order valence-corrected chi connectivity index (χ3v) is 2.71. The smallest absolute Gasteiger partial charge is 0.497 e. The zero-order valence-electron chi connectivity index (χ0n) is 9.74. The second kappa shape index (κ2) is 4.76. The Hall–Kier alpha value is -1.91. The van der Waals surface area contributed by atoms with Crippen LogP contribution in [0, 0.1) is 0 Å². The van der Waals surface area contributed by atoms with Gasteiger partial charge in [-0.2, -0.15) is 0 Å². The molecule has 0 saturated heterocycles. The Morgan fingerprint density at radius 2 is 1.22 bits per heavy atom. The van der Waals surface area contributed by atoms with Crippen LogP contribution >= 0.6 is 0 Å². The number of benzene rings is 2. The number of methoxy groups -OCH3 is 1. The van der Waals surface area contributed by atoms with Gasteiger partial charge in [0.05, 0.1) is 7.11 Å². The molecule has 0 radical (unpaired) electrons. The van der Waals surface area contributed by atoms with Crippen molar-refractivity contribution in [2.45, 2.75) is 0 Å². The molecular weight excluding hydrogens is 240 g/mol. The second-order valence-corrected chi connectivity index (χ2v) is 3.93. The Balaban J connectivity index is 2.28. The Morgan fingerprint density at radius 1 is 0.778 bits per heavy atom. The quantitative estimate of drug-likeness (QED) is 0.759. The van der Waals surface area contributed by atoms with Gasteiger partial charge in [-0.25, -0.2) is 0 Å². The number of hydrogen-bond donors (Lipinski definition) is 0. The van der Waals surface area contributed by atoms with Crippen LogP contribution in [-0.4, -0.2) is 14.1 Å². The van der Waals surface area contributed by atoms with Crippen molar-refractivity contribution in [1.82, 2.24) is 0 Å². The average molecular weight is 251 g/mol. The predicted octanol–water partition coefficient (Wildman–Crippen LogP) is 3.42. The molecule has 0 amide bonds. The lowest BCUT2D eigenvalue weighted by molar-refractivity contribution is 0.415. The van der Waals surface area contributed by atoms with Crippen molar-refractivity contribution in [3.05, 3.63) is 48.5 Å². The van der Waals surface area contributed by atoms with Crippen LogP contribution in [-0.2, 0) is 0 Å². The minimum Gasteiger partial charge on any atom is -0.497 e. The molecule has 0 atom stereocenters. The van der Waals surface area contributed by atoms with Gasteiger partial charge < -0.3 is 17.7 Å². The molecule has 18 heavy (non-hydrogen) atoms. The Kier molecular flexibility index (Phi) is 3.32. The minimum atomic E-state index is -4.92. The van der Waals surface area contributed by atoms with Crippen molar-refractivity contribution in [3.8, 4) is 16.9 Å². The van der Waals surface area contributed by atoms with E-state index in [-0.39, 0.29) is 0 Å². The summed E-state index contributed by atoms with van der Waals surface area (Å²) in [4.78, 5) is 0. The third kappa shape index (κ3) is 2.67. The second-order valence-electron chi connectivity index (χ2n) is 3.93. The fourth-order valence-electron chi connectivity index (χ4n) is 1.68. The van der Waals surface area contributed by atoms with Gasteiger partial charge in [-0.3, -0.25) is 0 Å². The number of rotatable bonds is 3. The highest BCUT2D eigenvalue weighted by atomic mass is 19.4. The topological polar surface area (TPSA) is 9.23 Å². The van der Waals surface area contributed by atoms with Crippen LogP contribution in [0.15, 0.2) is 48.5 Å². The van der Waals surface area contributed by atoms with E-state index in [0.29, 0.717) is 5.75 Å². The first-order valence-corrected chi connectivity index (χ1v) is 5.45. The summed E-state index contributed by atoms with van der Waals surface area (Å²) < 4.78 is 42.4. The first-order valence-electron chi connectivity index (χ1n) is 5.45. The van der Waals surface area contributed by atoms with E-state index >= 15 is 0 Å². The van der Waals surface area contributed by atoms with E-state index in [2.05, 4.69) is 0 Å². The van der Waals surface area contributed by atoms with E-state index in [9.17, 15) is 12.9 Å². The van der Waals surface area contributed by atoms with E-state index in [1.165, 1.54) is 12.1 Å². The van der Waals surface area contributed by atoms with Gasteiger partial charge >= 0.3 is 6.98 Å². The van der Waals surface area contributed by atoms with Crippen molar-refractivity contribution in [1.29, 1.82) is 0 Å². The fourth-order valence-corrected chi connectivity index (χ4v) is 1.68. The molecule has 0 aliphatic rings. The molecule has 0 aromatic heterocycles. The third-order valence-electron chi connectivity index (χ3n) is 2.71. The van der Waals surface area contributed by atoms with E-state index in [0.717, 1.165) is 23.3 Å². The first kappa shape index (κ1) is 12.5. The normalized spacial score (nSPS) is 11.3. The molecular formula is C13H11BF3O-. The minimum absolute atomic E-state index is 0.577. The first-order chi connectivity index (χ1) is 8.50. The molecule has 2 aromatic rings. The molecule has 1 nitrogen and oxygen atoms in total. The lowest BCUT2D eigenvalue weighted by atomic mass is 9.79. The number of ether oxygens (including phenoxy) is 1. The molecule has 2 rings (SSSR count). The summed E-state index contributed by atoms with van der Waals surface area (Å²) in [7, 11) is 1.56. The van der Waals surface area contributed by atoms with Gasteiger partial charge in [0, 0.05) is 0 Å². The van der Waals surface area contributed by atoms with Crippen LogP contribution in [0.2, 0.25) is 0 Å². The van der Waals surface area contributed by atoms with Gasteiger partial charge in [-0.1, -0.05) is 36.4 Å². The van der Waals surface area contributed by atoms with Crippen LogP contribution in [0.4, 0.5) is 12.9 Å². The van der Waals surface area contributed by atoms with Gasteiger partial charge in [-0.05, 0) is 23.3 Å². The molecule has 2 aromatic carbocycles. The van der Waals surface area contributed by atoms with E-state index in [4.69, 9.17) is 4.74 Å². The van der Waals surface area contributed by atoms with E-state index in [1.807, 2.05) is 12.1 Å². The Labute approximate surface area is 103 Å². The summed E-state index contributed by atoms with van der Waals surface area (Å²) in [5, 5.41) is 0. The largest absolute Gasteiger partial charge is 0.509 e. The zero-order chi connectivity index (χ0) is 13.2. The molecule has 0 bridgehead atoms. The van der Waals surface area contributed by atoms with Crippen molar-refractivity contribution in [2.75, 3.05) is 7.11 Å². The van der Waals surface area contributed by atoms with Gasteiger partial charge in [-0.15, -0.1) is 5.46 Å². The van der Waals surface area contributed by atoms with Gasteiger partial charge in [0.2, 0.25) is 0 Å². The van der Waals surface area contributed by atoms with Crippen molar-refractivity contribution >= 4 is 12.4 Å². The van der Waals surface area contributed by atoms with Crippen LogP contribution in [0.25, 0.3) is 11.1 Å². The summed E-state index contributed by atoms with van der Waals surface area (Å²) in [5.74, 6) is 0.717. The molecule has 0 heterocycles. The Morgan fingerprint density at radius 3 is 1.61 bits per heavy atom.